The van der Waals surface area contributed by atoms with Gasteiger partial charge in [-0.05, 0) is 18.1 Å². The number of nitrogens with zero attached hydrogens (tertiary/aromatic N) is 1. The zero-order valence-electron chi connectivity index (χ0n) is 15.5. The van der Waals surface area contributed by atoms with Crippen molar-refractivity contribution in [3.05, 3.63) is 71.8 Å². The smallest absolute Gasteiger partial charge is 0.410 e. The molecule has 2 aromatic carbocycles. The van der Waals surface area contributed by atoms with E-state index >= 15 is 0 Å². The van der Waals surface area contributed by atoms with Crippen molar-refractivity contribution in [3.8, 4) is 0 Å². The molecule has 0 radical (unpaired) electrons. The van der Waals surface area contributed by atoms with E-state index in [4.69, 9.17) is 4.74 Å². The Morgan fingerprint density at radius 3 is 1.69 bits per heavy atom. The lowest BCUT2D eigenvalue weighted by Crippen LogP contribution is -2.51. The van der Waals surface area contributed by atoms with Crippen molar-refractivity contribution >= 4 is 11.9 Å². The Kier molecular flexibility index (Phi) is 5.40. The summed E-state index contributed by atoms with van der Waals surface area (Å²) in [6.07, 6.45) is -0.374. The lowest BCUT2D eigenvalue weighted by atomic mass is 9.74. The Balaban J connectivity index is 2.14. The number of Topliss-reactive ketones (excluding diaryl/α,β-unsaturated/α-hetero) is 1. The van der Waals surface area contributed by atoms with Gasteiger partial charge in [-0.15, -0.1) is 0 Å². The number of ether oxygens (including phenoxy) is 1. The van der Waals surface area contributed by atoms with Crippen LogP contribution in [-0.2, 0) is 9.53 Å². The summed E-state index contributed by atoms with van der Waals surface area (Å²) in [5.41, 5.74) is 1.91. The summed E-state index contributed by atoms with van der Waals surface area (Å²) in [7, 11) is 0. The standard InChI is InChI=1S/C22H25NO3/c1-4-26-22(25)23-19(17-11-7-5-8-12-17)15(2)21(24)16(3)20(23)18-13-9-6-10-14-18/h5-16,19-20H,4H2,1-3H3/t15-,16-,19-,20+/m1/s1. The first kappa shape index (κ1) is 18.2. The zero-order valence-corrected chi connectivity index (χ0v) is 15.5. The monoisotopic (exact) mass is 351 g/mol. The summed E-state index contributed by atoms with van der Waals surface area (Å²) >= 11 is 0. The van der Waals surface area contributed by atoms with Gasteiger partial charge in [-0.2, -0.15) is 0 Å². The van der Waals surface area contributed by atoms with Gasteiger partial charge < -0.3 is 4.74 Å². The molecular formula is C22H25NO3. The summed E-state index contributed by atoms with van der Waals surface area (Å²) in [5.74, 6) is -0.415. The van der Waals surface area contributed by atoms with E-state index in [0.29, 0.717) is 6.61 Å². The molecule has 26 heavy (non-hydrogen) atoms. The summed E-state index contributed by atoms with van der Waals surface area (Å²) in [6.45, 7) is 5.91. The first-order valence-corrected chi connectivity index (χ1v) is 9.15. The van der Waals surface area contributed by atoms with Crippen LogP contribution in [0.1, 0.15) is 44.0 Å². The molecule has 1 heterocycles. The second kappa shape index (κ2) is 7.73. The predicted octanol–water partition coefficient (Wildman–Crippen LogP) is 4.78. The average molecular weight is 351 g/mol. The van der Waals surface area contributed by atoms with Crippen LogP contribution in [0, 0.1) is 11.8 Å². The number of rotatable bonds is 3. The van der Waals surface area contributed by atoms with Crippen molar-refractivity contribution in [1.29, 1.82) is 0 Å². The Hall–Kier alpha value is -2.62. The number of piperidine rings is 1. The molecule has 136 valence electrons. The van der Waals surface area contributed by atoms with E-state index in [9.17, 15) is 9.59 Å². The van der Waals surface area contributed by atoms with Crippen LogP contribution in [0.3, 0.4) is 0 Å². The molecule has 4 atom stereocenters. The SMILES string of the molecule is CCOC(=O)N1[C@H](c2ccccc2)[C@@H](C)C(=O)[C@H](C)[C@@H]1c1ccccc1. The number of amides is 1. The predicted molar refractivity (Wildman–Crippen MR) is 101 cm³/mol. The molecule has 1 fully saturated rings. The topological polar surface area (TPSA) is 46.6 Å². The van der Waals surface area contributed by atoms with Gasteiger partial charge in [-0.3, -0.25) is 9.69 Å². The zero-order chi connectivity index (χ0) is 18.7. The highest BCUT2D eigenvalue weighted by atomic mass is 16.6. The van der Waals surface area contributed by atoms with Crippen LogP contribution in [0.5, 0.6) is 0 Å². The van der Waals surface area contributed by atoms with Crippen molar-refractivity contribution in [1.82, 2.24) is 4.90 Å². The number of carbonyl (C=O) groups excluding carboxylic acids is 2. The van der Waals surface area contributed by atoms with Crippen LogP contribution in [0.4, 0.5) is 4.79 Å². The summed E-state index contributed by atoms with van der Waals surface area (Å²) in [5, 5.41) is 0. The maximum atomic E-state index is 13.0. The highest BCUT2D eigenvalue weighted by Crippen LogP contribution is 2.46. The highest BCUT2D eigenvalue weighted by molar-refractivity contribution is 5.87. The fraction of sp³-hybridized carbons (Fsp3) is 0.364. The molecule has 0 bridgehead atoms. The molecule has 0 spiro atoms. The Bertz CT molecular complexity index is 704. The third-order valence-electron chi connectivity index (χ3n) is 5.20. The molecule has 1 aliphatic rings. The normalized spacial score (nSPS) is 25.8. The van der Waals surface area contributed by atoms with Crippen molar-refractivity contribution in [3.63, 3.8) is 0 Å². The fourth-order valence-corrected chi connectivity index (χ4v) is 4.00. The highest BCUT2D eigenvalue weighted by Gasteiger charge is 2.48. The number of ketones is 1. The molecule has 0 N–H and O–H groups in total. The van der Waals surface area contributed by atoms with E-state index in [1.807, 2.05) is 74.5 Å². The van der Waals surface area contributed by atoms with Gasteiger partial charge >= 0.3 is 6.09 Å². The largest absolute Gasteiger partial charge is 0.450 e. The van der Waals surface area contributed by atoms with Crippen LogP contribution in [-0.4, -0.2) is 23.4 Å². The van der Waals surface area contributed by atoms with Crippen molar-refractivity contribution in [2.24, 2.45) is 11.8 Å². The number of carbonyl (C=O) groups is 2. The molecule has 3 rings (SSSR count). The maximum Gasteiger partial charge on any atom is 0.410 e. The third kappa shape index (κ3) is 3.24. The molecule has 1 amide bonds. The first-order chi connectivity index (χ1) is 12.6. The molecule has 2 aromatic rings. The second-order valence-electron chi connectivity index (χ2n) is 6.80. The van der Waals surface area contributed by atoms with Crippen LogP contribution in [0.25, 0.3) is 0 Å². The Morgan fingerprint density at radius 2 is 1.31 bits per heavy atom. The lowest BCUT2D eigenvalue weighted by molar-refractivity contribution is -0.136. The fourth-order valence-electron chi connectivity index (χ4n) is 4.00. The lowest BCUT2D eigenvalue weighted by Gasteiger charge is -2.47. The number of benzene rings is 2. The quantitative estimate of drug-likeness (QED) is 0.799. The van der Waals surface area contributed by atoms with Gasteiger partial charge in [0.1, 0.15) is 5.78 Å². The van der Waals surface area contributed by atoms with Gasteiger partial charge in [0.05, 0.1) is 18.7 Å². The van der Waals surface area contributed by atoms with E-state index in [0.717, 1.165) is 11.1 Å². The van der Waals surface area contributed by atoms with Crippen LogP contribution >= 0.6 is 0 Å². The molecule has 4 heteroatoms. The minimum atomic E-state index is -0.374. The summed E-state index contributed by atoms with van der Waals surface area (Å²) in [6, 6.07) is 18.8. The van der Waals surface area contributed by atoms with E-state index in [-0.39, 0.29) is 35.8 Å². The van der Waals surface area contributed by atoms with Gasteiger partial charge in [-0.1, -0.05) is 74.5 Å². The molecule has 0 saturated carbocycles. The Morgan fingerprint density at radius 1 is 0.885 bits per heavy atom. The molecule has 0 aromatic heterocycles. The molecule has 4 nitrogen and oxygen atoms in total. The van der Waals surface area contributed by atoms with Gasteiger partial charge in [0.25, 0.3) is 0 Å². The van der Waals surface area contributed by atoms with Crippen molar-refractivity contribution in [2.45, 2.75) is 32.9 Å². The molecule has 0 aliphatic carbocycles. The third-order valence-corrected chi connectivity index (χ3v) is 5.20. The molecule has 1 aliphatic heterocycles. The van der Waals surface area contributed by atoms with E-state index in [1.165, 1.54) is 0 Å². The van der Waals surface area contributed by atoms with Crippen LogP contribution < -0.4 is 0 Å². The molecular weight excluding hydrogens is 326 g/mol. The number of hydrogen-bond donors (Lipinski definition) is 0. The molecule has 1 saturated heterocycles. The van der Waals surface area contributed by atoms with Crippen molar-refractivity contribution < 1.29 is 14.3 Å². The van der Waals surface area contributed by atoms with Gasteiger partial charge in [0, 0.05) is 11.8 Å². The first-order valence-electron chi connectivity index (χ1n) is 9.15. The van der Waals surface area contributed by atoms with Crippen LogP contribution in [0.15, 0.2) is 60.7 Å². The maximum absolute atomic E-state index is 13.0. The van der Waals surface area contributed by atoms with Gasteiger partial charge in [0.15, 0.2) is 0 Å². The number of likely N-dealkylation sites (tertiary alicyclic amines) is 1. The van der Waals surface area contributed by atoms with Crippen molar-refractivity contribution in [2.75, 3.05) is 6.61 Å². The minimum Gasteiger partial charge on any atom is -0.450 e. The van der Waals surface area contributed by atoms with Crippen LogP contribution in [0.2, 0.25) is 0 Å². The summed E-state index contributed by atoms with van der Waals surface area (Å²) < 4.78 is 5.39. The van der Waals surface area contributed by atoms with Gasteiger partial charge in [0.2, 0.25) is 0 Å². The average Bonchev–Trinajstić information content (AvgIpc) is 2.67. The Labute approximate surface area is 154 Å². The summed E-state index contributed by atoms with van der Waals surface area (Å²) in [4.78, 5) is 27.8. The van der Waals surface area contributed by atoms with Gasteiger partial charge in [-0.25, -0.2) is 4.79 Å². The van der Waals surface area contributed by atoms with E-state index in [1.54, 1.807) is 11.8 Å². The minimum absolute atomic E-state index is 0.174. The number of hydrogen-bond acceptors (Lipinski definition) is 3. The molecule has 0 unspecified atom stereocenters. The van der Waals surface area contributed by atoms with E-state index < -0.39 is 0 Å². The van der Waals surface area contributed by atoms with E-state index in [2.05, 4.69) is 0 Å². The second-order valence-corrected chi connectivity index (χ2v) is 6.80.